The van der Waals surface area contributed by atoms with Gasteiger partial charge in [-0.1, -0.05) is 22.8 Å². The Bertz CT molecular complexity index is 1720. The number of hydrogen-bond donors (Lipinski definition) is 3. The standard InChI is InChI=1S/C29H31ClN6O6S/c1-14(2)35-8-7-15(9-20(35)26(31)38)18-3-4-19-25(24(18)28(39)34-12-17(37)13-34)32-27(29(40)41)36(19)11-16-10-21(42-33-16)22-5-6-23(30)43-22/h3-6,10,14-15,17,20,37H,7-9,11-13H2,1-2H3,(H2,31,38)(H,40,41). The third kappa shape index (κ3) is 5.42. The summed E-state index contributed by atoms with van der Waals surface area (Å²) in [6.45, 7) is 5.02. The number of nitrogens with two attached hydrogens (primary N) is 1. The molecule has 2 amide bonds. The number of carbonyl (C=O) groups is 3. The van der Waals surface area contributed by atoms with Gasteiger partial charge in [-0.15, -0.1) is 11.3 Å². The van der Waals surface area contributed by atoms with Crippen LogP contribution >= 0.6 is 22.9 Å². The first kappa shape index (κ1) is 29.3. The van der Waals surface area contributed by atoms with Gasteiger partial charge >= 0.3 is 5.97 Å². The van der Waals surface area contributed by atoms with Crippen LogP contribution in [0.15, 0.2) is 34.9 Å². The molecule has 2 fully saturated rings. The Kier molecular flexibility index (Phi) is 7.75. The number of carboxylic acids is 1. The molecule has 2 saturated heterocycles. The molecular formula is C29H31ClN6O6S. The van der Waals surface area contributed by atoms with Crippen LogP contribution in [-0.2, 0) is 11.3 Å². The normalized spacial score (nSPS) is 19.7. The number of halogens is 1. The topological polar surface area (TPSA) is 168 Å². The van der Waals surface area contributed by atoms with Gasteiger partial charge in [-0.25, -0.2) is 9.78 Å². The molecule has 43 heavy (non-hydrogen) atoms. The molecule has 2 aliphatic rings. The van der Waals surface area contributed by atoms with Gasteiger partial charge in [0.15, 0.2) is 5.76 Å². The number of β-amino-alcohol motifs (C(OH)–C–C–N with tert-alkyl or cyclic N) is 1. The molecule has 4 aromatic rings. The zero-order valence-corrected chi connectivity index (χ0v) is 25.1. The molecule has 5 heterocycles. The number of fused-ring (bicyclic) bond motifs is 1. The molecular weight excluding hydrogens is 596 g/mol. The Morgan fingerprint density at radius 1 is 1.21 bits per heavy atom. The van der Waals surface area contributed by atoms with Crippen LogP contribution in [0.2, 0.25) is 4.34 Å². The highest BCUT2D eigenvalue weighted by molar-refractivity contribution is 7.19. The molecule has 2 aliphatic heterocycles. The number of rotatable bonds is 8. The summed E-state index contributed by atoms with van der Waals surface area (Å²) in [4.78, 5) is 47.6. The van der Waals surface area contributed by atoms with Gasteiger partial charge in [-0.2, -0.15) is 0 Å². The number of thiophene rings is 1. The largest absolute Gasteiger partial charge is 0.475 e. The Morgan fingerprint density at radius 2 is 1.98 bits per heavy atom. The van der Waals surface area contributed by atoms with Gasteiger partial charge in [0.05, 0.1) is 39.0 Å². The van der Waals surface area contributed by atoms with E-state index in [4.69, 9.17) is 21.9 Å². The van der Waals surface area contributed by atoms with Crippen LogP contribution in [0, 0.1) is 0 Å². The molecule has 0 bridgehead atoms. The SMILES string of the molecule is CC(C)N1CCC(c2ccc3c(nc(C(=O)O)n3Cc3cc(-c4ccc(Cl)s4)on3)c2C(=O)N2CC(O)C2)CC1C(N)=O. The van der Waals surface area contributed by atoms with E-state index in [9.17, 15) is 24.6 Å². The van der Waals surface area contributed by atoms with E-state index in [1.54, 1.807) is 18.2 Å². The van der Waals surface area contributed by atoms with E-state index in [0.29, 0.717) is 46.3 Å². The number of carbonyl (C=O) groups excluding carboxylic acids is 2. The lowest BCUT2D eigenvalue weighted by atomic mass is 9.81. The molecule has 0 spiro atoms. The van der Waals surface area contributed by atoms with Crippen molar-refractivity contribution in [1.82, 2.24) is 24.5 Å². The van der Waals surface area contributed by atoms with E-state index in [1.165, 1.54) is 20.8 Å². The molecule has 12 nitrogen and oxygen atoms in total. The third-order valence-electron chi connectivity index (χ3n) is 8.28. The lowest BCUT2D eigenvalue weighted by Gasteiger charge is -2.41. The highest BCUT2D eigenvalue weighted by Gasteiger charge is 2.39. The van der Waals surface area contributed by atoms with Crippen molar-refractivity contribution in [3.8, 4) is 10.6 Å². The van der Waals surface area contributed by atoms with Crippen molar-refractivity contribution in [2.75, 3.05) is 19.6 Å². The van der Waals surface area contributed by atoms with E-state index in [0.717, 1.165) is 4.88 Å². The van der Waals surface area contributed by atoms with E-state index in [-0.39, 0.29) is 54.4 Å². The predicted octanol–water partition coefficient (Wildman–Crippen LogP) is 3.41. The van der Waals surface area contributed by atoms with Gasteiger partial charge in [0.25, 0.3) is 5.91 Å². The van der Waals surface area contributed by atoms with Gasteiger partial charge in [-0.3, -0.25) is 14.5 Å². The second-order valence-corrected chi connectivity index (χ2v) is 13.1. The number of hydrogen-bond acceptors (Lipinski definition) is 9. The highest BCUT2D eigenvalue weighted by atomic mass is 35.5. The number of aromatic carboxylic acids is 1. The van der Waals surface area contributed by atoms with Crippen molar-refractivity contribution in [2.45, 2.75) is 57.3 Å². The molecule has 6 rings (SSSR count). The summed E-state index contributed by atoms with van der Waals surface area (Å²) < 4.78 is 7.60. The monoisotopic (exact) mass is 626 g/mol. The molecule has 0 saturated carbocycles. The first-order chi connectivity index (χ1) is 20.5. The number of nitrogens with zero attached hydrogens (tertiary/aromatic N) is 5. The fourth-order valence-corrected chi connectivity index (χ4v) is 7.14. The fraction of sp³-hybridized carbons (Fsp3) is 0.414. The third-order valence-corrected chi connectivity index (χ3v) is 9.52. The molecule has 14 heteroatoms. The number of piperidine rings is 1. The summed E-state index contributed by atoms with van der Waals surface area (Å²) >= 11 is 7.39. The Labute approximate surface area is 255 Å². The summed E-state index contributed by atoms with van der Waals surface area (Å²) in [7, 11) is 0. The zero-order valence-electron chi connectivity index (χ0n) is 23.6. The van der Waals surface area contributed by atoms with Gasteiger partial charge in [0, 0.05) is 25.2 Å². The quantitative estimate of drug-likeness (QED) is 0.265. The number of aliphatic hydroxyl groups excluding tert-OH is 1. The van der Waals surface area contributed by atoms with Gasteiger partial charge in [0.1, 0.15) is 11.2 Å². The van der Waals surface area contributed by atoms with Crippen molar-refractivity contribution in [3.05, 3.63) is 57.3 Å². The van der Waals surface area contributed by atoms with Crippen LogP contribution in [0.4, 0.5) is 0 Å². The Hall–Kier alpha value is -3.78. The summed E-state index contributed by atoms with van der Waals surface area (Å²) in [6.07, 6.45) is 0.479. The van der Waals surface area contributed by atoms with E-state index in [1.807, 2.05) is 26.0 Å². The number of carboxylic acid groups (broad SMARTS) is 1. The second-order valence-electron chi connectivity index (χ2n) is 11.3. The number of amides is 2. The summed E-state index contributed by atoms with van der Waals surface area (Å²) in [6, 6.07) is 8.48. The van der Waals surface area contributed by atoms with Gasteiger partial charge in [0.2, 0.25) is 11.7 Å². The number of benzene rings is 1. The van der Waals surface area contributed by atoms with Crippen molar-refractivity contribution in [3.63, 3.8) is 0 Å². The minimum atomic E-state index is -1.26. The number of aromatic nitrogens is 3. The smallest absolute Gasteiger partial charge is 0.372 e. The molecule has 0 aliphatic carbocycles. The van der Waals surface area contributed by atoms with Crippen molar-refractivity contribution in [2.24, 2.45) is 5.73 Å². The van der Waals surface area contributed by atoms with Crippen LogP contribution in [0.25, 0.3) is 21.7 Å². The minimum absolute atomic E-state index is 0.0344. The summed E-state index contributed by atoms with van der Waals surface area (Å²) in [5, 5.41) is 24.2. The van der Waals surface area contributed by atoms with Gasteiger partial charge < -0.3 is 29.9 Å². The zero-order chi connectivity index (χ0) is 30.6. The summed E-state index contributed by atoms with van der Waals surface area (Å²) in [5.41, 5.74) is 7.93. The van der Waals surface area contributed by atoms with Crippen molar-refractivity contribution >= 4 is 51.8 Å². The lowest BCUT2D eigenvalue weighted by molar-refractivity contribution is -0.125. The number of imidazole rings is 1. The maximum absolute atomic E-state index is 13.9. The molecule has 3 aromatic heterocycles. The predicted molar refractivity (Wildman–Crippen MR) is 159 cm³/mol. The van der Waals surface area contributed by atoms with Crippen molar-refractivity contribution in [1.29, 1.82) is 0 Å². The number of likely N-dealkylation sites (tertiary alicyclic amines) is 2. The fourth-order valence-electron chi connectivity index (χ4n) is 6.15. The first-order valence-electron chi connectivity index (χ1n) is 14.0. The minimum Gasteiger partial charge on any atom is -0.475 e. The average Bonchev–Trinajstić information content (AvgIpc) is 3.69. The van der Waals surface area contributed by atoms with Crippen LogP contribution in [0.1, 0.15) is 64.8 Å². The van der Waals surface area contributed by atoms with E-state index < -0.39 is 24.0 Å². The molecule has 4 N–H and O–H groups in total. The Balaban J connectivity index is 1.44. The van der Waals surface area contributed by atoms with Gasteiger partial charge in [-0.05, 0) is 62.9 Å². The maximum Gasteiger partial charge on any atom is 0.372 e. The molecule has 0 radical (unpaired) electrons. The number of aliphatic hydroxyl groups is 1. The molecule has 2 atom stereocenters. The number of primary amides is 1. The van der Waals surface area contributed by atoms with Crippen molar-refractivity contribution < 1.29 is 29.1 Å². The Morgan fingerprint density at radius 3 is 2.60 bits per heavy atom. The van der Waals surface area contributed by atoms with E-state index >= 15 is 0 Å². The lowest BCUT2D eigenvalue weighted by Crippen LogP contribution is -2.54. The molecule has 226 valence electrons. The van der Waals surface area contributed by atoms with Crippen LogP contribution in [-0.4, -0.2) is 90.3 Å². The molecule has 2 unspecified atom stereocenters. The maximum atomic E-state index is 13.9. The summed E-state index contributed by atoms with van der Waals surface area (Å²) in [5.74, 6) is -1.96. The average molecular weight is 627 g/mol. The molecule has 1 aromatic carbocycles. The van der Waals surface area contributed by atoms with Crippen LogP contribution < -0.4 is 5.73 Å². The first-order valence-corrected chi connectivity index (χ1v) is 15.2. The highest BCUT2D eigenvalue weighted by Crippen LogP contribution is 2.38. The van der Waals surface area contributed by atoms with E-state index in [2.05, 4.69) is 15.0 Å². The second kappa shape index (κ2) is 11.4. The van der Waals surface area contributed by atoms with Crippen LogP contribution in [0.3, 0.4) is 0 Å². The van der Waals surface area contributed by atoms with Crippen LogP contribution in [0.5, 0.6) is 0 Å².